The Labute approximate surface area is 226 Å². The maximum Gasteiger partial charge on any atom is 0.223 e. The van der Waals surface area contributed by atoms with Gasteiger partial charge in [0.25, 0.3) is 0 Å². The van der Waals surface area contributed by atoms with E-state index >= 15 is 0 Å². The van der Waals surface area contributed by atoms with Crippen molar-refractivity contribution in [3.8, 4) is 0 Å². The quantitative estimate of drug-likeness (QED) is 0.385. The molecule has 6 rings (SSSR count). The van der Waals surface area contributed by atoms with Crippen molar-refractivity contribution in [1.82, 2.24) is 19.8 Å². The molecule has 194 valence electrons. The first-order valence-corrected chi connectivity index (χ1v) is 13.2. The van der Waals surface area contributed by atoms with E-state index in [-0.39, 0.29) is 42.7 Å². The van der Waals surface area contributed by atoms with Gasteiger partial charge < -0.3 is 9.88 Å². The summed E-state index contributed by atoms with van der Waals surface area (Å²) in [6.07, 6.45) is 9.24. The number of hydrogen-bond donors (Lipinski definition) is 1. The number of para-hydroxylation sites is 2. The third-order valence-corrected chi connectivity index (χ3v) is 8.67. The van der Waals surface area contributed by atoms with E-state index in [1.807, 2.05) is 0 Å². The predicted molar refractivity (Wildman–Crippen MR) is 150 cm³/mol. The van der Waals surface area contributed by atoms with Gasteiger partial charge in [0.1, 0.15) is 5.82 Å². The predicted octanol–water partition coefficient (Wildman–Crippen LogP) is 6.40. The second-order valence-corrected chi connectivity index (χ2v) is 10.7. The maximum atomic E-state index is 12.8. The Morgan fingerprint density at radius 3 is 2.28 bits per heavy atom. The molecule has 36 heavy (non-hydrogen) atoms. The van der Waals surface area contributed by atoms with Gasteiger partial charge in [-0.15, -0.1) is 24.8 Å². The number of rotatable bonds is 7. The van der Waals surface area contributed by atoms with Gasteiger partial charge in [-0.2, -0.15) is 0 Å². The molecule has 0 radical (unpaired) electrons. The van der Waals surface area contributed by atoms with Gasteiger partial charge in [0.2, 0.25) is 5.91 Å². The van der Waals surface area contributed by atoms with Crippen molar-refractivity contribution >= 4 is 41.8 Å². The highest BCUT2D eigenvalue weighted by Crippen LogP contribution is 2.42. The minimum Gasteiger partial charge on any atom is -0.349 e. The van der Waals surface area contributed by atoms with Crippen LogP contribution in [0.5, 0.6) is 0 Å². The minimum atomic E-state index is 0. The molecule has 2 aromatic carbocycles. The molecule has 7 heteroatoms. The van der Waals surface area contributed by atoms with Gasteiger partial charge in [0.05, 0.1) is 17.1 Å². The largest absolute Gasteiger partial charge is 0.349 e. The number of nitrogens with one attached hydrogen (secondary N) is 1. The number of benzene rings is 2. The highest BCUT2D eigenvalue weighted by Gasteiger charge is 2.42. The summed E-state index contributed by atoms with van der Waals surface area (Å²) in [5, 5.41) is 3.41. The summed E-state index contributed by atoms with van der Waals surface area (Å²) in [7, 11) is 0. The van der Waals surface area contributed by atoms with Gasteiger partial charge in [0, 0.05) is 30.6 Å². The molecule has 1 aromatic heterocycles. The molecular weight excluding hydrogens is 491 g/mol. The summed E-state index contributed by atoms with van der Waals surface area (Å²) >= 11 is 0. The molecule has 3 fully saturated rings. The van der Waals surface area contributed by atoms with Crippen LogP contribution in [0.2, 0.25) is 0 Å². The second-order valence-electron chi connectivity index (χ2n) is 10.7. The lowest BCUT2D eigenvalue weighted by atomic mass is 9.84. The van der Waals surface area contributed by atoms with Crippen molar-refractivity contribution in [1.29, 1.82) is 0 Å². The number of aryl methyl sites for hydroxylation is 1. The van der Waals surface area contributed by atoms with Gasteiger partial charge in [-0.1, -0.05) is 48.9 Å². The van der Waals surface area contributed by atoms with Crippen LogP contribution in [-0.4, -0.2) is 39.0 Å². The van der Waals surface area contributed by atoms with Gasteiger partial charge in [-0.05, 0) is 69.6 Å². The van der Waals surface area contributed by atoms with Crippen LogP contribution in [0.4, 0.5) is 0 Å². The summed E-state index contributed by atoms with van der Waals surface area (Å²) in [4.78, 5) is 20.4. The Bertz CT molecular complexity index is 1150. The molecule has 0 spiro atoms. The van der Waals surface area contributed by atoms with E-state index in [9.17, 15) is 4.79 Å². The lowest BCUT2D eigenvalue weighted by Crippen LogP contribution is -2.45. The number of halogens is 2. The van der Waals surface area contributed by atoms with Crippen molar-refractivity contribution in [2.75, 3.05) is 6.54 Å². The molecule has 1 aliphatic carbocycles. The maximum absolute atomic E-state index is 12.8. The van der Waals surface area contributed by atoms with Crippen LogP contribution in [-0.2, 0) is 4.79 Å². The van der Waals surface area contributed by atoms with Crippen LogP contribution in [0.25, 0.3) is 11.0 Å². The number of amides is 1. The lowest BCUT2D eigenvalue weighted by Gasteiger charge is -2.40. The first-order chi connectivity index (χ1) is 16.7. The zero-order valence-corrected chi connectivity index (χ0v) is 22.6. The zero-order valence-electron chi connectivity index (χ0n) is 21.0. The number of hydrogen-bond acceptors (Lipinski definition) is 3. The van der Waals surface area contributed by atoms with Crippen LogP contribution in [0.15, 0.2) is 54.6 Å². The monoisotopic (exact) mass is 528 g/mol. The smallest absolute Gasteiger partial charge is 0.223 e. The highest BCUT2D eigenvalue weighted by molar-refractivity contribution is 5.85. The second kappa shape index (κ2) is 11.5. The van der Waals surface area contributed by atoms with Crippen molar-refractivity contribution < 1.29 is 4.79 Å². The molecular formula is C29H38Cl2N4O. The van der Waals surface area contributed by atoms with Crippen LogP contribution in [0.3, 0.4) is 0 Å². The van der Waals surface area contributed by atoms with Gasteiger partial charge >= 0.3 is 0 Å². The molecule has 1 saturated carbocycles. The topological polar surface area (TPSA) is 50.2 Å². The standard InChI is InChI=1S/C29H36N4O.2ClH/c1-20-30-27-12-5-6-13-28(27)33(20)25-18-23-14-15-24(19-25)32(23)17-16-26(21-8-3-2-4-9-21)31-29(34)22-10-7-11-22;;/h2-6,8-9,12-13,22-26H,7,10-11,14-19H2,1H3,(H,31,34);2*1H. The Morgan fingerprint density at radius 2 is 1.61 bits per heavy atom. The summed E-state index contributed by atoms with van der Waals surface area (Å²) in [6.45, 7) is 3.21. The van der Waals surface area contributed by atoms with Crippen molar-refractivity contribution in [2.24, 2.45) is 5.92 Å². The molecule has 2 aliphatic heterocycles. The lowest BCUT2D eigenvalue weighted by molar-refractivity contribution is -0.128. The molecule has 3 aromatic rings. The number of aromatic nitrogens is 2. The average Bonchev–Trinajstić information content (AvgIpc) is 3.26. The number of piperidine rings is 1. The summed E-state index contributed by atoms with van der Waals surface area (Å²) < 4.78 is 2.50. The number of carbonyl (C=O) groups excluding carboxylic acids is 1. The van der Waals surface area contributed by atoms with Crippen molar-refractivity contribution in [3.63, 3.8) is 0 Å². The Kier molecular flexibility index (Phi) is 8.64. The molecule has 1 N–H and O–H groups in total. The minimum absolute atomic E-state index is 0. The summed E-state index contributed by atoms with van der Waals surface area (Å²) in [6, 6.07) is 21.0. The molecule has 3 unspecified atom stereocenters. The summed E-state index contributed by atoms with van der Waals surface area (Å²) in [5.74, 6) is 1.62. The van der Waals surface area contributed by atoms with Crippen molar-refractivity contribution in [2.45, 2.75) is 82.5 Å². The molecule has 5 nitrogen and oxygen atoms in total. The first-order valence-electron chi connectivity index (χ1n) is 13.2. The SMILES string of the molecule is Cc1nc2ccccc2n1C1CC2CCC(C1)N2CCC(NC(=O)C1CCC1)c1ccccc1.Cl.Cl. The van der Waals surface area contributed by atoms with E-state index in [0.29, 0.717) is 18.1 Å². The van der Waals surface area contributed by atoms with E-state index in [0.717, 1.165) is 37.1 Å². The zero-order chi connectivity index (χ0) is 23.1. The Morgan fingerprint density at radius 1 is 0.944 bits per heavy atom. The van der Waals surface area contributed by atoms with E-state index in [1.54, 1.807) is 0 Å². The number of fused-ring (bicyclic) bond motifs is 3. The number of imidazole rings is 1. The van der Waals surface area contributed by atoms with Crippen molar-refractivity contribution in [3.05, 3.63) is 66.0 Å². The fourth-order valence-corrected chi connectivity index (χ4v) is 6.69. The molecule has 2 bridgehead atoms. The van der Waals surface area contributed by atoms with Crippen LogP contribution < -0.4 is 5.32 Å². The first kappa shape index (κ1) is 27.0. The molecule has 3 aliphatic rings. The average molecular weight is 530 g/mol. The number of nitrogens with zero attached hydrogens (tertiary/aromatic N) is 3. The third kappa shape index (κ3) is 5.16. The Balaban J connectivity index is 0.00000152. The normalized spacial score (nSPS) is 24.4. The van der Waals surface area contributed by atoms with E-state index in [1.165, 1.54) is 43.2 Å². The molecule has 2 saturated heterocycles. The van der Waals surface area contributed by atoms with Crippen LogP contribution >= 0.6 is 24.8 Å². The third-order valence-electron chi connectivity index (χ3n) is 8.67. The van der Waals surface area contributed by atoms with E-state index in [4.69, 9.17) is 4.98 Å². The molecule has 3 atom stereocenters. The van der Waals surface area contributed by atoms with Crippen LogP contribution in [0.1, 0.15) is 74.8 Å². The van der Waals surface area contributed by atoms with E-state index in [2.05, 4.69) is 76.3 Å². The summed E-state index contributed by atoms with van der Waals surface area (Å²) in [5.41, 5.74) is 3.63. The fourth-order valence-electron chi connectivity index (χ4n) is 6.69. The Hall–Kier alpha value is -2.08. The van der Waals surface area contributed by atoms with E-state index < -0.39 is 0 Å². The fraction of sp³-hybridized carbons (Fsp3) is 0.517. The van der Waals surface area contributed by atoms with Gasteiger partial charge in [-0.3, -0.25) is 9.69 Å². The van der Waals surface area contributed by atoms with Gasteiger partial charge in [-0.25, -0.2) is 4.98 Å². The molecule has 1 amide bonds. The van der Waals surface area contributed by atoms with Crippen LogP contribution in [0, 0.1) is 12.8 Å². The highest BCUT2D eigenvalue weighted by atomic mass is 35.5. The molecule has 3 heterocycles. The number of carbonyl (C=O) groups is 1. The van der Waals surface area contributed by atoms with Gasteiger partial charge in [0.15, 0.2) is 0 Å².